The summed E-state index contributed by atoms with van der Waals surface area (Å²) >= 11 is 0. The van der Waals surface area contributed by atoms with E-state index < -0.39 is 0 Å². The van der Waals surface area contributed by atoms with Crippen LogP contribution in [0.25, 0.3) is 11.0 Å². The van der Waals surface area contributed by atoms with Crippen LogP contribution in [0.1, 0.15) is 24.2 Å². The monoisotopic (exact) mass is 337 g/mol. The van der Waals surface area contributed by atoms with Gasteiger partial charge in [0, 0.05) is 26.6 Å². The summed E-state index contributed by atoms with van der Waals surface area (Å²) in [6, 6.07) is 10.4. The normalized spacial score (nSPS) is 17.2. The highest BCUT2D eigenvalue weighted by molar-refractivity contribution is 5.86. The van der Waals surface area contributed by atoms with Gasteiger partial charge in [0.05, 0.1) is 17.7 Å². The summed E-state index contributed by atoms with van der Waals surface area (Å²) in [6.45, 7) is 1.64. The average Bonchev–Trinajstić information content (AvgIpc) is 3.29. The van der Waals surface area contributed by atoms with Gasteiger partial charge < -0.3 is 10.1 Å². The smallest absolute Gasteiger partial charge is 0.163 e. The van der Waals surface area contributed by atoms with Gasteiger partial charge in [0.25, 0.3) is 0 Å². The highest BCUT2D eigenvalue weighted by Crippen LogP contribution is 2.21. The Labute approximate surface area is 147 Å². The van der Waals surface area contributed by atoms with Crippen LogP contribution >= 0.6 is 0 Å². The minimum Gasteiger partial charge on any atom is -0.376 e. The number of aryl methyl sites for hydroxylation is 3. The van der Waals surface area contributed by atoms with Gasteiger partial charge in [-0.25, -0.2) is 9.97 Å². The van der Waals surface area contributed by atoms with E-state index in [-0.39, 0.29) is 6.10 Å². The summed E-state index contributed by atoms with van der Waals surface area (Å²) in [4.78, 5) is 9.47. The Morgan fingerprint density at radius 1 is 1.20 bits per heavy atom. The van der Waals surface area contributed by atoms with Gasteiger partial charge in [-0.15, -0.1) is 0 Å². The fourth-order valence-electron chi connectivity index (χ4n) is 3.23. The Morgan fingerprint density at radius 2 is 2.08 bits per heavy atom. The van der Waals surface area contributed by atoms with Crippen molar-refractivity contribution in [2.75, 3.05) is 18.5 Å². The standard InChI is InChI=1S/C19H23N5O/c1-24-19-16(13-21-24)18(20-12-15-8-5-11-25-15)22-17(23-19)10-9-14-6-3-2-4-7-14/h2-4,6-7,13,15H,5,8-12H2,1H3,(H,20,22,23)/t15-/m1/s1. The Kier molecular flexibility index (Phi) is 4.61. The fraction of sp³-hybridized carbons (Fsp3) is 0.421. The molecular formula is C19H23N5O. The lowest BCUT2D eigenvalue weighted by atomic mass is 10.1. The van der Waals surface area contributed by atoms with Crippen LogP contribution in [0.15, 0.2) is 36.5 Å². The second-order valence-electron chi connectivity index (χ2n) is 6.50. The molecule has 1 fully saturated rings. The SMILES string of the molecule is Cn1ncc2c(NC[C@H]3CCCO3)nc(CCc3ccccc3)nc21. The molecule has 1 aromatic carbocycles. The molecule has 1 atom stereocenters. The molecule has 1 aliphatic rings. The predicted octanol–water partition coefficient (Wildman–Crippen LogP) is 2.74. The number of nitrogens with one attached hydrogen (secondary N) is 1. The van der Waals surface area contributed by atoms with Crippen molar-refractivity contribution in [3.63, 3.8) is 0 Å². The average molecular weight is 337 g/mol. The van der Waals surface area contributed by atoms with Crippen LogP contribution in [0.5, 0.6) is 0 Å². The zero-order chi connectivity index (χ0) is 17.1. The number of benzene rings is 1. The number of nitrogens with zero attached hydrogens (tertiary/aromatic N) is 4. The van der Waals surface area contributed by atoms with E-state index in [1.54, 1.807) is 4.68 Å². The topological polar surface area (TPSA) is 64.9 Å². The second-order valence-corrected chi connectivity index (χ2v) is 6.50. The van der Waals surface area contributed by atoms with E-state index in [1.807, 2.05) is 19.3 Å². The molecule has 0 amide bonds. The van der Waals surface area contributed by atoms with E-state index in [0.29, 0.717) is 0 Å². The predicted molar refractivity (Wildman–Crippen MR) is 97.6 cm³/mol. The van der Waals surface area contributed by atoms with Crippen molar-refractivity contribution in [2.45, 2.75) is 31.8 Å². The molecular weight excluding hydrogens is 314 g/mol. The van der Waals surface area contributed by atoms with Crippen molar-refractivity contribution in [3.8, 4) is 0 Å². The van der Waals surface area contributed by atoms with Crippen LogP contribution in [-0.4, -0.2) is 39.0 Å². The van der Waals surface area contributed by atoms with E-state index >= 15 is 0 Å². The Morgan fingerprint density at radius 3 is 2.88 bits per heavy atom. The molecule has 1 N–H and O–H groups in total. The van der Waals surface area contributed by atoms with Gasteiger partial charge in [0.2, 0.25) is 0 Å². The summed E-state index contributed by atoms with van der Waals surface area (Å²) < 4.78 is 7.51. The maximum absolute atomic E-state index is 5.70. The number of hydrogen-bond donors (Lipinski definition) is 1. The number of anilines is 1. The lowest BCUT2D eigenvalue weighted by Crippen LogP contribution is -2.19. The molecule has 130 valence electrons. The number of ether oxygens (including phenoxy) is 1. The van der Waals surface area contributed by atoms with Crippen LogP contribution in [0, 0.1) is 0 Å². The molecule has 0 unspecified atom stereocenters. The maximum atomic E-state index is 5.70. The van der Waals surface area contributed by atoms with Crippen molar-refractivity contribution >= 4 is 16.9 Å². The first-order valence-electron chi connectivity index (χ1n) is 8.87. The Hall–Kier alpha value is -2.47. The first-order chi connectivity index (χ1) is 12.3. The van der Waals surface area contributed by atoms with Gasteiger partial charge in [-0.2, -0.15) is 5.10 Å². The molecule has 4 rings (SSSR count). The molecule has 6 nitrogen and oxygen atoms in total. The van der Waals surface area contributed by atoms with Crippen molar-refractivity contribution in [1.82, 2.24) is 19.7 Å². The number of rotatable bonds is 6. The van der Waals surface area contributed by atoms with Gasteiger partial charge >= 0.3 is 0 Å². The van der Waals surface area contributed by atoms with Crippen molar-refractivity contribution in [2.24, 2.45) is 7.05 Å². The molecule has 6 heteroatoms. The van der Waals surface area contributed by atoms with Gasteiger partial charge in [-0.05, 0) is 24.8 Å². The van der Waals surface area contributed by atoms with Crippen LogP contribution in [0.4, 0.5) is 5.82 Å². The minimum absolute atomic E-state index is 0.273. The first kappa shape index (κ1) is 16.0. The lowest BCUT2D eigenvalue weighted by Gasteiger charge is -2.13. The molecule has 3 aromatic rings. The first-order valence-corrected chi connectivity index (χ1v) is 8.87. The molecule has 0 radical (unpaired) electrons. The third kappa shape index (κ3) is 3.64. The third-order valence-electron chi connectivity index (χ3n) is 4.64. The summed E-state index contributed by atoms with van der Waals surface area (Å²) in [6.07, 6.45) is 6.08. The summed E-state index contributed by atoms with van der Waals surface area (Å²) in [5.74, 6) is 1.70. The van der Waals surface area contributed by atoms with E-state index in [2.05, 4.69) is 34.7 Å². The summed E-state index contributed by atoms with van der Waals surface area (Å²) in [5, 5.41) is 8.75. The zero-order valence-corrected chi connectivity index (χ0v) is 14.5. The molecule has 1 saturated heterocycles. The highest BCUT2D eigenvalue weighted by atomic mass is 16.5. The molecule has 0 saturated carbocycles. The number of aromatic nitrogens is 4. The van der Waals surface area contributed by atoms with Crippen LogP contribution < -0.4 is 5.32 Å². The van der Waals surface area contributed by atoms with Crippen LogP contribution in [-0.2, 0) is 24.6 Å². The Bertz CT molecular complexity index is 840. The lowest BCUT2D eigenvalue weighted by molar-refractivity contribution is 0.120. The van der Waals surface area contributed by atoms with Crippen LogP contribution in [0.2, 0.25) is 0 Å². The second kappa shape index (κ2) is 7.19. The number of fused-ring (bicyclic) bond motifs is 1. The molecule has 1 aliphatic heterocycles. The van der Waals surface area contributed by atoms with Gasteiger partial charge in [0.15, 0.2) is 5.65 Å². The van der Waals surface area contributed by atoms with Crippen LogP contribution in [0.3, 0.4) is 0 Å². The van der Waals surface area contributed by atoms with Crippen molar-refractivity contribution in [3.05, 3.63) is 47.9 Å². The zero-order valence-electron chi connectivity index (χ0n) is 14.5. The van der Waals surface area contributed by atoms with Crippen molar-refractivity contribution < 1.29 is 4.74 Å². The molecule has 0 spiro atoms. The molecule has 2 aromatic heterocycles. The van der Waals surface area contributed by atoms with E-state index in [4.69, 9.17) is 14.7 Å². The fourth-order valence-corrected chi connectivity index (χ4v) is 3.23. The summed E-state index contributed by atoms with van der Waals surface area (Å²) in [7, 11) is 1.92. The highest BCUT2D eigenvalue weighted by Gasteiger charge is 2.17. The molecule has 0 bridgehead atoms. The quantitative estimate of drug-likeness (QED) is 0.749. The minimum atomic E-state index is 0.273. The number of hydrogen-bond acceptors (Lipinski definition) is 5. The largest absolute Gasteiger partial charge is 0.376 e. The van der Waals surface area contributed by atoms with Gasteiger partial charge in [-0.1, -0.05) is 30.3 Å². The Balaban J connectivity index is 1.55. The van der Waals surface area contributed by atoms with Gasteiger partial charge in [0.1, 0.15) is 11.6 Å². The molecule has 25 heavy (non-hydrogen) atoms. The molecule has 3 heterocycles. The van der Waals surface area contributed by atoms with Gasteiger partial charge in [-0.3, -0.25) is 4.68 Å². The van der Waals surface area contributed by atoms with E-state index in [0.717, 1.165) is 61.5 Å². The third-order valence-corrected chi connectivity index (χ3v) is 4.64. The maximum Gasteiger partial charge on any atom is 0.163 e. The summed E-state index contributed by atoms with van der Waals surface area (Å²) in [5.41, 5.74) is 2.16. The van der Waals surface area contributed by atoms with E-state index in [1.165, 1.54) is 5.56 Å². The van der Waals surface area contributed by atoms with Crippen molar-refractivity contribution in [1.29, 1.82) is 0 Å². The van der Waals surface area contributed by atoms with E-state index in [9.17, 15) is 0 Å². The molecule has 0 aliphatic carbocycles.